The Hall–Kier alpha value is -2.97. The Balaban J connectivity index is 1.70. The number of hydrogen-bond donors (Lipinski definition) is 1. The molecule has 0 fully saturated rings. The van der Waals surface area contributed by atoms with Gasteiger partial charge in [0.05, 0.1) is 10.5 Å². The van der Waals surface area contributed by atoms with E-state index in [1.54, 1.807) is 36.7 Å². The molecular formula is C19H16FN3O3S. The number of benzene rings is 2. The Kier molecular flexibility index (Phi) is 5.68. The first-order valence-electron chi connectivity index (χ1n) is 8.12. The molecule has 0 amide bonds. The number of ketones is 1. The predicted molar refractivity (Wildman–Crippen MR) is 98.0 cm³/mol. The summed E-state index contributed by atoms with van der Waals surface area (Å²) < 4.78 is 40.7. The van der Waals surface area contributed by atoms with E-state index < -0.39 is 21.6 Å². The van der Waals surface area contributed by atoms with Crippen LogP contribution in [0.1, 0.15) is 16.8 Å². The topological polar surface area (TPSA) is 89.0 Å². The molecule has 1 aromatic heterocycles. The number of aromatic nitrogens is 2. The lowest BCUT2D eigenvalue weighted by atomic mass is 10.0. The lowest BCUT2D eigenvalue weighted by Gasteiger charge is -2.08. The lowest BCUT2D eigenvalue weighted by Crippen LogP contribution is -2.26. The van der Waals surface area contributed by atoms with Crippen LogP contribution in [-0.4, -0.2) is 30.7 Å². The number of rotatable bonds is 7. The van der Waals surface area contributed by atoms with Crippen molar-refractivity contribution in [2.24, 2.45) is 0 Å². The van der Waals surface area contributed by atoms with Crippen LogP contribution in [-0.2, 0) is 10.0 Å². The van der Waals surface area contributed by atoms with Crippen LogP contribution in [0.15, 0.2) is 71.9 Å². The van der Waals surface area contributed by atoms with Crippen LogP contribution in [0, 0.1) is 5.82 Å². The summed E-state index contributed by atoms with van der Waals surface area (Å²) in [5, 5.41) is 0. The number of nitrogens with one attached hydrogen (secondary N) is 1. The molecule has 0 saturated heterocycles. The maximum absolute atomic E-state index is 14.1. The first-order chi connectivity index (χ1) is 13.0. The van der Waals surface area contributed by atoms with Crippen molar-refractivity contribution in [1.82, 2.24) is 14.7 Å². The highest BCUT2D eigenvalue weighted by atomic mass is 32.2. The monoisotopic (exact) mass is 385 g/mol. The molecule has 27 heavy (non-hydrogen) atoms. The summed E-state index contributed by atoms with van der Waals surface area (Å²) in [6, 6.07) is 13.5. The van der Waals surface area contributed by atoms with Gasteiger partial charge in [-0.3, -0.25) is 4.79 Å². The molecule has 6 nitrogen and oxygen atoms in total. The van der Waals surface area contributed by atoms with Crippen molar-refractivity contribution in [3.05, 3.63) is 78.4 Å². The molecule has 0 aliphatic carbocycles. The van der Waals surface area contributed by atoms with E-state index >= 15 is 0 Å². The summed E-state index contributed by atoms with van der Waals surface area (Å²) in [6.07, 6.45) is 2.92. The average Bonchev–Trinajstić information content (AvgIpc) is 2.69. The fourth-order valence-corrected chi connectivity index (χ4v) is 3.50. The zero-order chi connectivity index (χ0) is 19.3. The minimum absolute atomic E-state index is 0.104. The minimum atomic E-state index is -3.72. The van der Waals surface area contributed by atoms with Crippen LogP contribution in [0.2, 0.25) is 0 Å². The predicted octanol–water partition coefficient (Wildman–Crippen LogP) is 2.83. The van der Waals surface area contributed by atoms with Gasteiger partial charge in [0.2, 0.25) is 10.0 Å². The van der Waals surface area contributed by atoms with Gasteiger partial charge in [0, 0.05) is 30.9 Å². The van der Waals surface area contributed by atoms with Gasteiger partial charge in [-0.2, -0.15) is 0 Å². The van der Waals surface area contributed by atoms with Gasteiger partial charge in [-0.25, -0.2) is 27.5 Å². The summed E-state index contributed by atoms with van der Waals surface area (Å²) in [4.78, 5) is 20.6. The molecule has 0 atom stereocenters. The van der Waals surface area contributed by atoms with E-state index in [2.05, 4.69) is 14.7 Å². The van der Waals surface area contributed by atoms with Crippen molar-refractivity contribution in [3.63, 3.8) is 0 Å². The molecule has 1 N–H and O–H groups in total. The molecule has 0 bridgehead atoms. The van der Waals surface area contributed by atoms with Crippen molar-refractivity contribution < 1.29 is 17.6 Å². The molecule has 138 valence electrons. The molecular weight excluding hydrogens is 369 g/mol. The van der Waals surface area contributed by atoms with Gasteiger partial charge in [0.15, 0.2) is 11.6 Å². The Morgan fingerprint density at radius 3 is 2.41 bits per heavy atom. The Bertz CT molecular complexity index is 1040. The molecule has 8 heteroatoms. The number of hydrogen-bond acceptors (Lipinski definition) is 5. The third-order valence-electron chi connectivity index (χ3n) is 3.79. The SMILES string of the molecule is O=C(CCNS(=O)(=O)c1ccccc1)c1cc(-c2ncccn2)ccc1F. The van der Waals surface area contributed by atoms with Gasteiger partial charge in [0.1, 0.15) is 5.82 Å². The first-order valence-corrected chi connectivity index (χ1v) is 9.60. The third kappa shape index (κ3) is 4.60. The van der Waals surface area contributed by atoms with Crippen molar-refractivity contribution in [3.8, 4) is 11.4 Å². The van der Waals surface area contributed by atoms with Crippen LogP contribution in [0.25, 0.3) is 11.4 Å². The molecule has 1 heterocycles. The smallest absolute Gasteiger partial charge is 0.240 e. The van der Waals surface area contributed by atoms with E-state index in [-0.39, 0.29) is 23.4 Å². The largest absolute Gasteiger partial charge is 0.294 e. The highest BCUT2D eigenvalue weighted by molar-refractivity contribution is 7.89. The van der Waals surface area contributed by atoms with Crippen molar-refractivity contribution >= 4 is 15.8 Å². The number of carbonyl (C=O) groups excluding carboxylic acids is 1. The summed E-state index contributed by atoms with van der Waals surface area (Å²) in [5.74, 6) is -0.817. The Morgan fingerprint density at radius 2 is 1.70 bits per heavy atom. The fraction of sp³-hybridized carbons (Fsp3) is 0.105. The van der Waals surface area contributed by atoms with E-state index in [0.717, 1.165) is 0 Å². The van der Waals surface area contributed by atoms with E-state index in [1.165, 1.54) is 30.3 Å². The van der Waals surface area contributed by atoms with Crippen LogP contribution >= 0.6 is 0 Å². The summed E-state index contributed by atoms with van der Waals surface area (Å²) in [6.45, 7) is -0.137. The molecule has 3 aromatic rings. The highest BCUT2D eigenvalue weighted by Crippen LogP contribution is 2.19. The number of halogens is 1. The van der Waals surface area contributed by atoms with Crippen LogP contribution in [0.3, 0.4) is 0 Å². The van der Waals surface area contributed by atoms with E-state index in [4.69, 9.17) is 0 Å². The number of nitrogens with zero attached hydrogens (tertiary/aromatic N) is 2. The maximum atomic E-state index is 14.1. The standard InChI is InChI=1S/C19H16FN3O3S/c20-17-8-7-14(19-21-10-4-11-22-19)13-16(17)18(24)9-12-23-27(25,26)15-5-2-1-3-6-15/h1-8,10-11,13,23H,9,12H2. The Morgan fingerprint density at radius 1 is 1.00 bits per heavy atom. The second-order valence-corrected chi connectivity index (χ2v) is 7.42. The van der Waals surface area contributed by atoms with Gasteiger partial charge in [-0.05, 0) is 36.4 Å². The summed E-state index contributed by atoms with van der Waals surface area (Å²) >= 11 is 0. The molecule has 0 radical (unpaired) electrons. The average molecular weight is 385 g/mol. The minimum Gasteiger partial charge on any atom is -0.294 e. The first kappa shape index (κ1) is 18.8. The number of carbonyl (C=O) groups is 1. The molecule has 0 saturated carbocycles. The quantitative estimate of drug-likeness (QED) is 0.632. The van der Waals surface area contributed by atoms with Crippen LogP contribution < -0.4 is 4.72 Å². The van der Waals surface area contributed by atoms with Gasteiger partial charge in [-0.15, -0.1) is 0 Å². The third-order valence-corrected chi connectivity index (χ3v) is 5.27. The summed E-state index contributed by atoms with van der Waals surface area (Å²) in [7, 11) is -3.72. The molecule has 0 unspecified atom stereocenters. The van der Waals surface area contributed by atoms with E-state index in [9.17, 15) is 17.6 Å². The van der Waals surface area contributed by atoms with Gasteiger partial charge in [-0.1, -0.05) is 18.2 Å². The summed E-state index contributed by atoms with van der Waals surface area (Å²) in [5.41, 5.74) is 0.379. The van der Waals surface area contributed by atoms with Gasteiger partial charge < -0.3 is 0 Å². The molecule has 0 aliphatic rings. The fourth-order valence-electron chi connectivity index (χ4n) is 2.44. The maximum Gasteiger partial charge on any atom is 0.240 e. The van der Waals surface area contributed by atoms with Crippen LogP contribution in [0.5, 0.6) is 0 Å². The zero-order valence-electron chi connectivity index (χ0n) is 14.2. The lowest BCUT2D eigenvalue weighted by molar-refractivity contribution is 0.0980. The van der Waals surface area contributed by atoms with Crippen molar-refractivity contribution in [2.45, 2.75) is 11.3 Å². The molecule has 0 aliphatic heterocycles. The second kappa shape index (κ2) is 8.15. The molecule has 2 aromatic carbocycles. The van der Waals surface area contributed by atoms with Crippen molar-refractivity contribution in [1.29, 1.82) is 0 Å². The van der Waals surface area contributed by atoms with E-state index in [0.29, 0.717) is 11.4 Å². The second-order valence-electron chi connectivity index (χ2n) is 5.65. The molecule has 0 spiro atoms. The zero-order valence-corrected chi connectivity index (χ0v) is 15.0. The van der Waals surface area contributed by atoms with Gasteiger partial charge >= 0.3 is 0 Å². The van der Waals surface area contributed by atoms with Crippen molar-refractivity contribution in [2.75, 3.05) is 6.54 Å². The Labute approximate surface area is 156 Å². The molecule has 3 rings (SSSR count). The van der Waals surface area contributed by atoms with E-state index in [1.807, 2.05) is 0 Å². The number of Topliss-reactive ketones (excluding diaryl/α,β-unsaturated/α-hetero) is 1. The normalized spacial score (nSPS) is 11.3. The number of sulfonamides is 1. The van der Waals surface area contributed by atoms with Crippen LogP contribution in [0.4, 0.5) is 4.39 Å². The highest BCUT2D eigenvalue weighted by Gasteiger charge is 2.17. The van der Waals surface area contributed by atoms with Gasteiger partial charge in [0.25, 0.3) is 0 Å².